The van der Waals surface area contributed by atoms with Gasteiger partial charge in [-0.3, -0.25) is 14.5 Å². The van der Waals surface area contributed by atoms with E-state index in [0.29, 0.717) is 19.1 Å². The Morgan fingerprint density at radius 2 is 2.16 bits per heavy atom. The quantitative estimate of drug-likeness (QED) is 0.391. The van der Waals surface area contributed by atoms with Crippen molar-refractivity contribution in [1.29, 1.82) is 0 Å². The Kier molecular flexibility index (Phi) is 7.09. The van der Waals surface area contributed by atoms with Crippen molar-refractivity contribution < 1.29 is 4.79 Å². The third kappa shape index (κ3) is 5.95. The topological polar surface area (TPSA) is 86.6 Å². The number of aromatic nitrogens is 2. The number of aliphatic imine (C=N–C) groups is 1. The maximum absolute atomic E-state index is 11.5. The van der Waals surface area contributed by atoms with E-state index >= 15 is 0 Å². The first-order valence-corrected chi connectivity index (χ1v) is 8.98. The molecule has 8 heteroatoms. The molecular weight excluding hydrogens is 318 g/mol. The van der Waals surface area contributed by atoms with Gasteiger partial charge in [0.2, 0.25) is 5.91 Å². The number of nitrogens with zero attached hydrogens (tertiary/aromatic N) is 4. The van der Waals surface area contributed by atoms with Crippen molar-refractivity contribution in [3.05, 3.63) is 12.4 Å². The molecule has 0 aliphatic carbocycles. The summed E-state index contributed by atoms with van der Waals surface area (Å²) in [7, 11) is 3.71. The molecule has 1 aliphatic heterocycles. The minimum absolute atomic E-state index is 0.0122. The summed E-state index contributed by atoms with van der Waals surface area (Å²) in [5.41, 5.74) is 1.16. The van der Waals surface area contributed by atoms with Crippen molar-refractivity contribution in [3.63, 3.8) is 0 Å². The molecule has 0 bridgehead atoms. The van der Waals surface area contributed by atoms with Gasteiger partial charge in [-0.1, -0.05) is 13.8 Å². The molecule has 1 aliphatic rings. The number of nitrogens with one attached hydrogen (secondary N) is 3. The average Bonchev–Trinajstić information content (AvgIpc) is 3.04. The highest BCUT2D eigenvalue weighted by atomic mass is 16.1. The molecule has 0 aromatic carbocycles. The summed E-state index contributed by atoms with van der Waals surface area (Å²) >= 11 is 0. The van der Waals surface area contributed by atoms with Crippen LogP contribution in [0.5, 0.6) is 0 Å². The zero-order chi connectivity index (χ0) is 18.2. The molecular formula is C17H31N7O. The van der Waals surface area contributed by atoms with E-state index in [1.165, 1.54) is 0 Å². The zero-order valence-corrected chi connectivity index (χ0v) is 15.7. The lowest BCUT2D eigenvalue weighted by atomic mass is 10.1. The molecule has 8 nitrogen and oxygen atoms in total. The summed E-state index contributed by atoms with van der Waals surface area (Å²) in [5, 5.41) is 13.9. The lowest BCUT2D eigenvalue weighted by molar-refractivity contribution is -0.123. The minimum atomic E-state index is 0.0122. The van der Waals surface area contributed by atoms with Crippen LogP contribution in [0.15, 0.2) is 17.4 Å². The summed E-state index contributed by atoms with van der Waals surface area (Å²) in [6, 6.07) is 0.338. The number of hydrogen-bond donors (Lipinski definition) is 3. The second kappa shape index (κ2) is 9.29. The Morgan fingerprint density at radius 1 is 1.40 bits per heavy atom. The van der Waals surface area contributed by atoms with Crippen LogP contribution in [0, 0.1) is 5.92 Å². The van der Waals surface area contributed by atoms with Gasteiger partial charge in [-0.05, 0) is 12.8 Å². The third-order valence-corrected chi connectivity index (χ3v) is 4.28. The molecule has 2 heterocycles. The van der Waals surface area contributed by atoms with E-state index in [-0.39, 0.29) is 11.8 Å². The molecule has 0 saturated carbocycles. The molecule has 1 saturated heterocycles. The summed E-state index contributed by atoms with van der Waals surface area (Å²) in [6.07, 6.45) is 6.20. The number of hydrogen-bond acceptors (Lipinski definition) is 4. The predicted molar refractivity (Wildman–Crippen MR) is 101 cm³/mol. The summed E-state index contributed by atoms with van der Waals surface area (Å²) in [4.78, 5) is 18.2. The van der Waals surface area contributed by atoms with E-state index in [2.05, 4.69) is 30.9 Å². The summed E-state index contributed by atoms with van der Waals surface area (Å²) in [5.74, 6) is 0.860. The Hall–Kier alpha value is -2.25. The van der Waals surface area contributed by atoms with Crippen molar-refractivity contribution in [2.24, 2.45) is 18.0 Å². The molecule has 1 amide bonds. The fourth-order valence-electron chi connectivity index (χ4n) is 2.86. The van der Waals surface area contributed by atoms with Gasteiger partial charge in [-0.2, -0.15) is 5.10 Å². The number of anilines is 1. The second-order valence-corrected chi connectivity index (χ2v) is 6.75. The largest absolute Gasteiger partial charge is 0.367 e. The zero-order valence-electron chi connectivity index (χ0n) is 15.7. The van der Waals surface area contributed by atoms with Crippen LogP contribution in [0.3, 0.4) is 0 Å². The molecule has 1 atom stereocenters. The Bertz CT molecular complexity index is 581. The highest BCUT2D eigenvalue weighted by Crippen LogP contribution is 2.18. The first kappa shape index (κ1) is 19.1. The van der Waals surface area contributed by atoms with Crippen molar-refractivity contribution in [3.8, 4) is 0 Å². The van der Waals surface area contributed by atoms with Gasteiger partial charge in [0.1, 0.15) is 0 Å². The lowest BCUT2D eigenvalue weighted by Gasteiger charge is -2.34. The molecule has 1 aromatic heterocycles. The summed E-state index contributed by atoms with van der Waals surface area (Å²) in [6.45, 7) is 7.00. The van der Waals surface area contributed by atoms with E-state index in [1.807, 2.05) is 38.0 Å². The first-order valence-electron chi connectivity index (χ1n) is 8.98. The number of carbonyl (C=O) groups is 1. The number of rotatable bonds is 6. The maximum Gasteiger partial charge on any atom is 0.222 e. The molecule has 2 rings (SSSR count). The second-order valence-electron chi connectivity index (χ2n) is 6.75. The maximum atomic E-state index is 11.5. The highest BCUT2D eigenvalue weighted by molar-refractivity contribution is 5.80. The summed E-state index contributed by atoms with van der Waals surface area (Å²) < 4.78 is 1.83. The van der Waals surface area contributed by atoms with Gasteiger partial charge < -0.3 is 20.9 Å². The fraction of sp³-hybridized carbons (Fsp3) is 0.706. The number of aryl methyl sites for hydroxylation is 1. The standard InChI is InChI=1S/C17H31N7O/c1-13(2)16(25)19-7-8-20-17(18-3)22-14-6-5-9-24(11-14)15-10-21-23(4)12-15/h10,12-14H,5-9,11H2,1-4H3,(H,19,25)(H2,18,20,22). The number of carbonyl (C=O) groups excluding carboxylic acids is 1. The Morgan fingerprint density at radius 3 is 2.80 bits per heavy atom. The van der Waals surface area contributed by atoms with Crippen molar-refractivity contribution in [2.75, 3.05) is 38.1 Å². The van der Waals surface area contributed by atoms with Gasteiger partial charge in [-0.25, -0.2) is 0 Å². The van der Waals surface area contributed by atoms with Crippen LogP contribution in [0.1, 0.15) is 26.7 Å². The first-order chi connectivity index (χ1) is 12.0. The number of piperidine rings is 1. The van der Waals surface area contributed by atoms with Gasteiger partial charge >= 0.3 is 0 Å². The molecule has 1 aromatic rings. The highest BCUT2D eigenvalue weighted by Gasteiger charge is 2.21. The van der Waals surface area contributed by atoms with Crippen LogP contribution in [-0.4, -0.2) is 60.9 Å². The van der Waals surface area contributed by atoms with E-state index in [0.717, 1.165) is 37.6 Å². The molecule has 1 unspecified atom stereocenters. The van der Waals surface area contributed by atoms with Gasteiger partial charge in [0.15, 0.2) is 5.96 Å². The fourth-order valence-corrected chi connectivity index (χ4v) is 2.86. The monoisotopic (exact) mass is 349 g/mol. The van der Waals surface area contributed by atoms with Crippen LogP contribution in [0.25, 0.3) is 0 Å². The Balaban J connectivity index is 1.76. The van der Waals surface area contributed by atoms with Gasteiger partial charge in [0, 0.05) is 58.4 Å². The number of amides is 1. The van der Waals surface area contributed by atoms with E-state index in [4.69, 9.17) is 0 Å². The minimum Gasteiger partial charge on any atom is -0.367 e. The Labute approximate surface area is 150 Å². The van der Waals surface area contributed by atoms with E-state index in [1.54, 1.807) is 7.05 Å². The molecule has 140 valence electrons. The van der Waals surface area contributed by atoms with Gasteiger partial charge in [-0.15, -0.1) is 0 Å². The molecule has 3 N–H and O–H groups in total. The third-order valence-electron chi connectivity index (χ3n) is 4.28. The van der Waals surface area contributed by atoms with Crippen molar-refractivity contribution >= 4 is 17.6 Å². The SMILES string of the molecule is CN=C(NCCNC(=O)C(C)C)NC1CCCN(c2cnn(C)c2)C1. The number of guanidine groups is 1. The smallest absolute Gasteiger partial charge is 0.222 e. The van der Waals surface area contributed by atoms with Gasteiger partial charge in [0.05, 0.1) is 11.9 Å². The molecule has 0 spiro atoms. The molecule has 1 fully saturated rings. The predicted octanol–water partition coefficient (Wildman–Crippen LogP) is 0.326. The average molecular weight is 349 g/mol. The molecule has 0 radical (unpaired) electrons. The molecule has 25 heavy (non-hydrogen) atoms. The van der Waals surface area contributed by atoms with Crippen LogP contribution in [-0.2, 0) is 11.8 Å². The van der Waals surface area contributed by atoms with Crippen molar-refractivity contribution in [1.82, 2.24) is 25.7 Å². The normalized spacial score (nSPS) is 18.4. The van der Waals surface area contributed by atoms with Crippen LogP contribution in [0.4, 0.5) is 5.69 Å². The van der Waals surface area contributed by atoms with E-state index < -0.39 is 0 Å². The lowest BCUT2D eigenvalue weighted by Crippen LogP contribution is -2.52. The van der Waals surface area contributed by atoms with Crippen molar-refractivity contribution in [2.45, 2.75) is 32.7 Å². The van der Waals surface area contributed by atoms with E-state index in [9.17, 15) is 4.79 Å². The van der Waals surface area contributed by atoms with Crippen LogP contribution >= 0.6 is 0 Å². The van der Waals surface area contributed by atoms with Crippen LogP contribution < -0.4 is 20.9 Å². The van der Waals surface area contributed by atoms with Gasteiger partial charge in [0.25, 0.3) is 0 Å². The van der Waals surface area contributed by atoms with Crippen LogP contribution in [0.2, 0.25) is 0 Å².